The summed E-state index contributed by atoms with van der Waals surface area (Å²) in [6.45, 7) is 4.95. The van der Waals surface area contributed by atoms with Crippen LogP contribution in [0.2, 0.25) is 0 Å². The Kier molecular flexibility index (Phi) is 13.3. The van der Waals surface area contributed by atoms with Crippen molar-refractivity contribution >= 4 is 17.3 Å². The molecule has 1 rings (SSSR count). The van der Waals surface area contributed by atoms with Crippen LogP contribution in [0.15, 0.2) is 12.1 Å². The van der Waals surface area contributed by atoms with Crippen LogP contribution in [0, 0.1) is 10.1 Å². The quantitative estimate of drug-likeness (QED) is 0.154. The van der Waals surface area contributed by atoms with E-state index in [0.29, 0.717) is 12.2 Å². The highest BCUT2D eigenvalue weighted by Crippen LogP contribution is 2.35. The third-order valence-electron chi connectivity index (χ3n) is 5.56. The van der Waals surface area contributed by atoms with E-state index in [2.05, 4.69) is 6.92 Å². The number of aromatic carboxylic acids is 1. The number of nitrogens with zero attached hydrogens (tertiary/aromatic N) is 2. The second-order valence-electron chi connectivity index (χ2n) is 8.14. The number of rotatable bonds is 18. The minimum Gasteiger partial charge on any atom is -0.487 e. The summed E-state index contributed by atoms with van der Waals surface area (Å²) in [5.74, 6) is -1.07. The summed E-state index contributed by atoms with van der Waals surface area (Å²) < 4.78 is 5.38. The van der Waals surface area contributed by atoms with Crippen molar-refractivity contribution in [3.8, 4) is 5.75 Å². The van der Waals surface area contributed by atoms with Gasteiger partial charge in [-0.1, -0.05) is 77.6 Å². The molecule has 7 heteroatoms. The molecule has 1 aromatic carbocycles. The minimum absolute atomic E-state index is 0.0726. The molecule has 31 heavy (non-hydrogen) atoms. The number of nitro groups is 1. The van der Waals surface area contributed by atoms with E-state index >= 15 is 0 Å². The maximum atomic E-state index is 11.7. The minimum atomic E-state index is -1.18. The van der Waals surface area contributed by atoms with Crippen molar-refractivity contribution in [1.29, 1.82) is 0 Å². The Morgan fingerprint density at radius 3 is 1.94 bits per heavy atom. The summed E-state index contributed by atoms with van der Waals surface area (Å²) in [6, 6.07) is 2.58. The Morgan fingerprint density at radius 2 is 1.48 bits per heavy atom. The first kappa shape index (κ1) is 26.7. The Hall–Kier alpha value is -2.31. The molecule has 0 fully saturated rings. The fraction of sp³-hybridized carbons (Fsp3) is 0.708. The number of nitro benzene ring substituents is 1. The topological polar surface area (TPSA) is 92.9 Å². The fourth-order valence-electron chi connectivity index (χ4n) is 3.77. The van der Waals surface area contributed by atoms with Crippen LogP contribution in [-0.2, 0) is 0 Å². The smallest absolute Gasteiger partial charge is 0.338 e. The fourth-order valence-corrected chi connectivity index (χ4v) is 3.77. The molecule has 0 heterocycles. The van der Waals surface area contributed by atoms with Crippen LogP contribution >= 0.6 is 0 Å². The van der Waals surface area contributed by atoms with Gasteiger partial charge in [-0.2, -0.15) is 0 Å². The Morgan fingerprint density at radius 1 is 0.968 bits per heavy atom. The number of anilines is 1. The van der Waals surface area contributed by atoms with Crippen LogP contribution in [0.25, 0.3) is 0 Å². The van der Waals surface area contributed by atoms with Crippen LogP contribution < -0.4 is 9.64 Å². The van der Waals surface area contributed by atoms with Crippen molar-refractivity contribution in [2.75, 3.05) is 25.1 Å². The molecular weight excluding hydrogens is 396 g/mol. The van der Waals surface area contributed by atoms with Gasteiger partial charge in [-0.15, -0.1) is 0 Å². The van der Waals surface area contributed by atoms with Crippen molar-refractivity contribution in [3.05, 3.63) is 27.8 Å². The Balaban J connectivity index is 2.44. The molecule has 0 aromatic heterocycles. The average molecular weight is 437 g/mol. The van der Waals surface area contributed by atoms with E-state index in [1.54, 1.807) is 6.92 Å². The zero-order valence-electron chi connectivity index (χ0n) is 19.5. The number of unbranched alkanes of at least 4 members (excludes halogenated alkanes) is 11. The molecule has 0 unspecified atom stereocenters. The van der Waals surface area contributed by atoms with Crippen molar-refractivity contribution in [2.45, 2.75) is 90.9 Å². The monoisotopic (exact) mass is 436 g/mol. The van der Waals surface area contributed by atoms with Crippen molar-refractivity contribution in [1.82, 2.24) is 0 Å². The molecule has 0 saturated heterocycles. The van der Waals surface area contributed by atoms with Crippen LogP contribution in [0.1, 0.15) is 101 Å². The number of hydrogen-bond acceptors (Lipinski definition) is 5. The number of benzene rings is 1. The van der Waals surface area contributed by atoms with Crippen LogP contribution in [0.5, 0.6) is 5.75 Å². The molecular formula is C24H40N2O5. The van der Waals surface area contributed by atoms with Gasteiger partial charge in [0.05, 0.1) is 22.8 Å². The number of carboxylic acid groups (broad SMARTS) is 1. The number of hydrogen-bond donors (Lipinski definition) is 1. The van der Waals surface area contributed by atoms with Gasteiger partial charge in [0.2, 0.25) is 0 Å². The van der Waals surface area contributed by atoms with Gasteiger partial charge in [0, 0.05) is 25.7 Å². The molecule has 0 atom stereocenters. The lowest BCUT2D eigenvalue weighted by atomic mass is 10.0. The van der Waals surface area contributed by atoms with Gasteiger partial charge < -0.3 is 14.7 Å². The summed E-state index contributed by atoms with van der Waals surface area (Å²) in [6.07, 6.45) is 15.2. The summed E-state index contributed by atoms with van der Waals surface area (Å²) >= 11 is 0. The van der Waals surface area contributed by atoms with Gasteiger partial charge in [-0.3, -0.25) is 10.1 Å². The van der Waals surface area contributed by atoms with Gasteiger partial charge in [0.15, 0.2) is 5.75 Å². The average Bonchev–Trinajstić information content (AvgIpc) is 2.73. The van der Waals surface area contributed by atoms with Crippen molar-refractivity contribution in [2.24, 2.45) is 0 Å². The highest BCUT2D eigenvalue weighted by atomic mass is 16.6. The molecule has 7 nitrogen and oxygen atoms in total. The molecule has 0 spiro atoms. The molecule has 0 aliphatic carbocycles. The van der Waals surface area contributed by atoms with E-state index in [0.717, 1.165) is 18.9 Å². The second-order valence-corrected chi connectivity index (χ2v) is 8.14. The summed E-state index contributed by atoms with van der Waals surface area (Å²) in [5.41, 5.74) is 0.0583. The Bertz CT molecular complexity index is 678. The molecule has 1 N–H and O–H groups in total. The standard InChI is InChI=1S/C24H40N2O5/c1-4-6-7-8-9-10-11-12-13-14-15-16-17-25(3)21-19-23(31-5-2)22(26(29)30)18-20(21)24(27)28/h18-19H,4-17H2,1-3H3,(H,27,28). The first-order valence-electron chi connectivity index (χ1n) is 11.8. The number of carbonyl (C=O) groups is 1. The van der Waals surface area contributed by atoms with Gasteiger partial charge in [0.1, 0.15) is 0 Å². The van der Waals surface area contributed by atoms with Crippen LogP contribution in [-0.4, -0.2) is 36.2 Å². The Labute approximate surface area is 186 Å². The molecule has 0 saturated carbocycles. The van der Waals surface area contributed by atoms with E-state index < -0.39 is 10.9 Å². The van der Waals surface area contributed by atoms with Gasteiger partial charge in [-0.25, -0.2) is 4.79 Å². The first-order valence-corrected chi connectivity index (χ1v) is 11.8. The molecule has 0 aliphatic heterocycles. The lowest BCUT2D eigenvalue weighted by Crippen LogP contribution is -2.21. The molecule has 0 amide bonds. The van der Waals surface area contributed by atoms with E-state index in [1.165, 1.54) is 70.3 Å². The normalized spacial score (nSPS) is 10.8. The molecule has 0 aliphatic rings. The second kappa shape index (κ2) is 15.5. The van der Waals surface area contributed by atoms with E-state index in [4.69, 9.17) is 4.74 Å². The molecule has 176 valence electrons. The van der Waals surface area contributed by atoms with Crippen molar-refractivity contribution < 1.29 is 19.6 Å². The van der Waals surface area contributed by atoms with Gasteiger partial charge >= 0.3 is 11.7 Å². The number of carboxylic acids is 1. The lowest BCUT2D eigenvalue weighted by molar-refractivity contribution is -0.385. The SMILES string of the molecule is CCCCCCCCCCCCCCN(C)c1cc(OCC)c([N+](=O)[O-])cc1C(=O)O. The maximum absolute atomic E-state index is 11.7. The highest BCUT2D eigenvalue weighted by Gasteiger charge is 2.24. The maximum Gasteiger partial charge on any atom is 0.338 e. The van der Waals surface area contributed by atoms with E-state index in [9.17, 15) is 20.0 Å². The predicted molar refractivity (Wildman–Crippen MR) is 126 cm³/mol. The highest BCUT2D eigenvalue weighted by molar-refractivity contribution is 5.96. The summed E-state index contributed by atoms with van der Waals surface area (Å²) in [5, 5.41) is 20.8. The third-order valence-corrected chi connectivity index (χ3v) is 5.56. The van der Waals surface area contributed by atoms with E-state index in [1.807, 2.05) is 11.9 Å². The molecule has 1 aromatic rings. The molecule has 0 radical (unpaired) electrons. The summed E-state index contributed by atoms with van der Waals surface area (Å²) in [4.78, 5) is 24.2. The first-order chi connectivity index (χ1) is 14.9. The molecule has 0 bridgehead atoms. The van der Waals surface area contributed by atoms with Crippen molar-refractivity contribution in [3.63, 3.8) is 0 Å². The van der Waals surface area contributed by atoms with Crippen LogP contribution in [0.4, 0.5) is 11.4 Å². The van der Waals surface area contributed by atoms with Crippen LogP contribution in [0.3, 0.4) is 0 Å². The summed E-state index contributed by atoms with van der Waals surface area (Å²) in [7, 11) is 1.82. The van der Waals surface area contributed by atoms with Gasteiger partial charge in [0.25, 0.3) is 0 Å². The third kappa shape index (κ3) is 10.0. The van der Waals surface area contributed by atoms with Gasteiger partial charge in [-0.05, 0) is 13.3 Å². The largest absolute Gasteiger partial charge is 0.487 e. The predicted octanol–water partition coefficient (Wildman–Crippen LogP) is 6.83. The number of ether oxygens (including phenoxy) is 1. The van der Waals surface area contributed by atoms with E-state index in [-0.39, 0.29) is 23.6 Å². The zero-order chi connectivity index (χ0) is 23.1. The zero-order valence-corrected chi connectivity index (χ0v) is 19.5. The lowest BCUT2D eigenvalue weighted by Gasteiger charge is -2.22.